The van der Waals surface area contributed by atoms with E-state index in [1.807, 2.05) is 0 Å². The Morgan fingerprint density at radius 2 is 2.00 bits per heavy atom. The first kappa shape index (κ1) is 14.1. The van der Waals surface area contributed by atoms with Crippen molar-refractivity contribution in [2.24, 2.45) is 0 Å². The molecule has 0 saturated heterocycles. The van der Waals surface area contributed by atoms with Gasteiger partial charge in [-0.15, -0.1) is 0 Å². The smallest absolute Gasteiger partial charge is 0.337 e. The van der Waals surface area contributed by atoms with Gasteiger partial charge in [-0.05, 0) is 11.1 Å². The minimum atomic E-state index is -1.70. The molecule has 0 bridgehead atoms. The lowest BCUT2D eigenvalue weighted by atomic mass is 10.0. The minimum Gasteiger partial charge on any atom is -0.481 e. The maximum Gasteiger partial charge on any atom is 0.337 e. The predicted molar refractivity (Wildman–Crippen MR) is 60.8 cm³/mol. The number of carboxylic acid groups (broad SMARTS) is 1. The fraction of sp³-hybridized carbons (Fsp3) is 0.333. The minimum absolute atomic E-state index is 0.200. The maximum atomic E-state index is 11.1. The van der Waals surface area contributed by atoms with E-state index in [2.05, 4.69) is 4.74 Å². The maximum absolute atomic E-state index is 11.1. The van der Waals surface area contributed by atoms with Gasteiger partial charge in [0.05, 0.1) is 13.5 Å². The highest BCUT2D eigenvalue weighted by atomic mass is 16.5. The fourth-order valence-electron chi connectivity index (χ4n) is 1.49. The van der Waals surface area contributed by atoms with Gasteiger partial charge in [0.2, 0.25) is 0 Å². The van der Waals surface area contributed by atoms with Crippen molar-refractivity contribution < 1.29 is 29.6 Å². The van der Waals surface area contributed by atoms with Gasteiger partial charge in [0, 0.05) is 0 Å². The van der Waals surface area contributed by atoms with E-state index in [1.165, 1.54) is 12.1 Å². The zero-order valence-corrected chi connectivity index (χ0v) is 9.74. The number of carbonyl (C=O) groups is 2. The second-order valence-electron chi connectivity index (χ2n) is 3.73. The molecule has 2 atom stereocenters. The van der Waals surface area contributed by atoms with Crippen LogP contribution in [0.2, 0.25) is 0 Å². The van der Waals surface area contributed by atoms with Crippen molar-refractivity contribution in [3.05, 3.63) is 35.4 Å². The Balaban J connectivity index is 2.88. The Morgan fingerprint density at radius 1 is 1.33 bits per heavy atom. The summed E-state index contributed by atoms with van der Waals surface area (Å²) in [6.07, 6.45) is -3.35. The van der Waals surface area contributed by atoms with Gasteiger partial charge in [-0.2, -0.15) is 0 Å². The molecule has 0 spiro atoms. The molecular weight excluding hydrogens is 240 g/mol. The molecule has 6 nitrogen and oxygen atoms in total. The van der Waals surface area contributed by atoms with E-state index < -0.39 is 24.1 Å². The number of rotatable bonds is 5. The summed E-state index contributed by atoms with van der Waals surface area (Å²) in [4.78, 5) is 21.6. The van der Waals surface area contributed by atoms with E-state index in [1.54, 1.807) is 12.1 Å². The number of carbonyl (C=O) groups excluding carboxylic acids is 1. The standard InChI is InChI=1S/C12H14O6/c1-18-12(17)11(16)10(15)8-4-2-3-7(5-8)6-9(13)14/h2-5,10-11,15-16H,6H2,1H3,(H,13,14). The number of aliphatic hydroxyl groups is 2. The van der Waals surface area contributed by atoms with Crippen molar-refractivity contribution in [3.63, 3.8) is 0 Å². The molecule has 0 aliphatic rings. The molecule has 6 heteroatoms. The van der Waals surface area contributed by atoms with Crippen molar-refractivity contribution >= 4 is 11.9 Å². The summed E-state index contributed by atoms with van der Waals surface area (Å²) < 4.78 is 4.31. The third kappa shape index (κ3) is 3.54. The molecule has 0 saturated carbocycles. The highest BCUT2D eigenvalue weighted by molar-refractivity contribution is 5.75. The molecule has 0 amide bonds. The molecule has 0 aliphatic heterocycles. The first-order chi connectivity index (χ1) is 8.45. The van der Waals surface area contributed by atoms with Crippen LogP contribution >= 0.6 is 0 Å². The normalized spacial score (nSPS) is 13.7. The molecule has 1 aromatic carbocycles. The molecule has 2 unspecified atom stereocenters. The van der Waals surface area contributed by atoms with E-state index in [9.17, 15) is 19.8 Å². The molecule has 0 aliphatic carbocycles. The fourth-order valence-corrected chi connectivity index (χ4v) is 1.49. The Kier molecular flexibility index (Phi) is 4.82. The Morgan fingerprint density at radius 3 is 2.56 bits per heavy atom. The van der Waals surface area contributed by atoms with Crippen molar-refractivity contribution in [3.8, 4) is 0 Å². The average Bonchev–Trinajstić information content (AvgIpc) is 2.35. The van der Waals surface area contributed by atoms with Crippen LogP contribution in [0.25, 0.3) is 0 Å². The largest absolute Gasteiger partial charge is 0.481 e. The lowest BCUT2D eigenvalue weighted by molar-refractivity contribution is -0.156. The van der Waals surface area contributed by atoms with Crippen molar-refractivity contribution in [2.75, 3.05) is 7.11 Å². The van der Waals surface area contributed by atoms with Gasteiger partial charge in [-0.3, -0.25) is 4.79 Å². The molecule has 98 valence electrons. The Hall–Kier alpha value is -1.92. The van der Waals surface area contributed by atoms with Crippen LogP contribution < -0.4 is 0 Å². The third-order valence-electron chi connectivity index (χ3n) is 2.39. The third-order valence-corrected chi connectivity index (χ3v) is 2.39. The van der Waals surface area contributed by atoms with Gasteiger partial charge in [0.25, 0.3) is 0 Å². The summed E-state index contributed by atoms with van der Waals surface area (Å²) in [6.45, 7) is 0. The number of aliphatic hydroxyl groups excluding tert-OH is 2. The monoisotopic (exact) mass is 254 g/mol. The number of esters is 1. The van der Waals surface area contributed by atoms with Gasteiger partial charge < -0.3 is 20.1 Å². The molecule has 0 fully saturated rings. The van der Waals surface area contributed by atoms with Gasteiger partial charge >= 0.3 is 11.9 Å². The van der Waals surface area contributed by atoms with Crippen LogP contribution in [0.15, 0.2) is 24.3 Å². The van der Waals surface area contributed by atoms with E-state index in [4.69, 9.17) is 5.11 Å². The number of hydrogen-bond acceptors (Lipinski definition) is 5. The topological polar surface area (TPSA) is 104 Å². The Bertz CT molecular complexity index is 442. The first-order valence-electron chi connectivity index (χ1n) is 5.20. The molecule has 18 heavy (non-hydrogen) atoms. The quantitative estimate of drug-likeness (QED) is 0.633. The summed E-state index contributed by atoms with van der Waals surface area (Å²) in [5.74, 6) is -1.96. The SMILES string of the molecule is COC(=O)C(O)C(O)c1cccc(CC(=O)O)c1. The van der Waals surface area contributed by atoms with E-state index >= 15 is 0 Å². The van der Waals surface area contributed by atoms with E-state index in [-0.39, 0.29) is 12.0 Å². The van der Waals surface area contributed by atoms with Crippen LogP contribution in [-0.2, 0) is 20.7 Å². The van der Waals surface area contributed by atoms with Crippen LogP contribution in [0, 0.1) is 0 Å². The van der Waals surface area contributed by atoms with E-state index in [0.717, 1.165) is 7.11 Å². The zero-order chi connectivity index (χ0) is 13.7. The molecule has 0 aromatic heterocycles. The highest BCUT2D eigenvalue weighted by Crippen LogP contribution is 2.19. The average molecular weight is 254 g/mol. The van der Waals surface area contributed by atoms with Crippen LogP contribution in [0.5, 0.6) is 0 Å². The zero-order valence-electron chi connectivity index (χ0n) is 9.74. The Labute approximate surface area is 103 Å². The molecule has 3 N–H and O–H groups in total. The van der Waals surface area contributed by atoms with Crippen LogP contribution in [0.3, 0.4) is 0 Å². The summed E-state index contributed by atoms with van der Waals surface area (Å²) >= 11 is 0. The summed E-state index contributed by atoms with van der Waals surface area (Å²) in [7, 11) is 1.10. The van der Waals surface area contributed by atoms with Gasteiger partial charge in [-0.25, -0.2) is 4.79 Å². The number of methoxy groups -OCH3 is 1. The molecule has 0 heterocycles. The van der Waals surface area contributed by atoms with Crippen molar-refractivity contribution in [1.29, 1.82) is 0 Å². The molecular formula is C12H14O6. The highest BCUT2D eigenvalue weighted by Gasteiger charge is 2.26. The summed E-state index contributed by atoms with van der Waals surface area (Å²) in [5, 5.41) is 27.9. The first-order valence-corrected chi connectivity index (χ1v) is 5.20. The van der Waals surface area contributed by atoms with Gasteiger partial charge in [0.15, 0.2) is 6.10 Å². The molecule has 1 aromatic rings. The van der Waals surface area contributed by atoms with Crippen LogP contribution in [0.1, 0.15) is 17.2 Å². The van der Waals surface area contributed by atoms with Crippen molar-refractivity contribution in [2.45, 2.75) is 18.6 Å². The second-order valence-corrected chi connectivity index (χ2v) is 3.73. The molecule has 0 radical (unpaired) electrons. The number of ether oxygens (including phenoxy) is 1. The van der Waals surface area contributed by atoms with Crippen molar-refractivity contribution in [1.82, 2.24) is 0 Å². The van der Waals surface area contributed by atoms with E-state index in [0.29, 0.717) is 5.56 Å². The van der Waals surface area contributed by atoms with Gasteiger partial charge in [-0.1, -0.05) is 24.3 Å². The predicted octanol–water partition coefficient (Wildman–Crippen LogP) is -0.119. The summed E-state index contributed by atoms with van der Waals surface area (Å²) in [5.41, 5.74) is 0.725. The number of benzene rings is 1. The van der Waals surface area contributed by atoms with Crippen LogP contribution in [-0.4, -0.2) is 40.5 Å². The molecule has 1 rings (SSSR count). The number of hydrogen-bond donors (Lipinski definition) is 3. The number of carboxylic acids is 1. The second kappa shape index (κ2) is 6.13. The lowest BCUT2D eigenvalue weighted by Gasteiger charge is -2.16. The number of aliphatic carboxylic acids is 1. The van der Waals surface area contributed by atoms with Crippen LogP contribution in [0.4, 0.5) is 0 Å². The lowest BCUT2D eigenvalue weighted by Crippen LogP contribution is -2.29. The summed E-state index contributed by atoms with van der Waals surface area (Å²) in [6, 6.07) is 6.03. The van der Waals surface area contributed by atoms with Gasteiger partial charge in [0.1, 0.15) is 6.10 Å².